The maximum Gasteiger partial charge on any atom is 0.150 e. The van der Waals surface area contributed by atoms with Crippen LogP contribution < -0.4 is 0 Å². The van der Waals surface area contributed by atoms with E-state index in [1.165, 1.54) is 6.07 Å². The lowest BCUT2D eigenvalue weighted by Gasteiger charge is -2.04. The minimum atomic E-state index is -0.428. The average molecular weight is 180 g/mol. The molecule has 1 rings (SSSR count). The number of nitrogens with one attached hydrogen (secondary N) is 1. The van der Waals surface area contributed by atoms with Crippen molar-refractivity contribution in [2.45, 2.75) is 20.3 Å². The molecule has 1 aromatic heterocycles. The highest BCUT2D eigenvalue weighted by Gasteiger charge is 2.04. The first-order chi connectivity index (χ1) is 6.13. The summed E-state index contributed by atoms with van der Waals surface area (Å²) in [5.74, 6) is 0.0686. The summed E-state index contributed by atoms with van der Waals surface area (Å²) < 4.78 is 12.9. The van der Waals surface area contributed by atoms with Crippen LogP contribution in [0.25, 0.3) is 0 Å². The number of pyridine rings is 1. The van der Waals surface area contributed by atoms with Gasteiger partial charge in [0, 0.05) is 11.9 Å². The highest BCUT2D eigenvalue weighted by atomic mass is 19.1. The Bertz CT molecular complexity index is 308. The van der Waals surface area contributed by atoms with Crippen LogP contribution in [-0.4, -0.2) is 11.2 Å². The lowest BCUT2D eigenvalue weighted by atomic mass is 10.1. The van der Waals surface area contributed by atoms with Gasteiger partial charge in [-0.1, -0.05) is 13.8 Å². The molecule has 0 atom stereocenters. The average Bonchev–Trinajstić information content (AvgIpc) is 2.07. The Hall–Kier alpha value is -1.25. The van der Waals surface area contributed by atoms with Gasteiger partial charge in [-0.2, -0.15) is 0 Å². The van der Waals surface area contributed by atoms with Crippen molar-refractivity contribution >= 4 is 6.21 Å². The van der Waals surface area contributed by atoms with Gasteiger partial charge in [-0.15, -0.1) is 0 Å². The first-order valence-corrected chi connectivity index (χ1v) is 4.29. The van der Waals surface area contributed by atoms with Crippen molar-refractivity contribution in [1.29, 1.82) is 5.41 Å². The SMILES string of the molecule is CC(C)Cc1ccc(F)c(C=N)n1. The highest BCUT2D eigenvalue weighted by Crippen LogP contribution is 2.08. The Balaban J connectivity index is 2.92. The monoisotopic (exact) mass is 180 g/mol. The Kier molecular flexibility index (Phi) is 3.12. The van der Waals surface area contributed by atoms with Crippen molar-refractivity contribution in [1.82, 2.24) is 4.98 Å². The largest absolute Gasteiger partial charge is 0.306 e. The number of rotatable bonds is 3. The molecular formula is C10H13FN2. The van der Waals surface area contributed by atoms with Gasteiger partial charge in [-0.25, -0.2) is 9.37 Å². The molecule has 70 valence electrons. The van der Waals surface area contributed by atoms with Crippen LogP contribution in [-0.2, 0) is 6.42 Å². The Labute approximate surface area is 77.3 Å². The van der Waals surface area contributed by atoms with E-state index in [0.717, 1.165) is 18.3 Å². The molecule has 0 saturated carbocycles. The second-order valence-electron chi connectivity index (χ2n) is 3.41. The zero-order valence-corrected chi connectivity index (χ0v) is 7.84. The quantitative estimate of drug-likeness (QED) is 0.712. The standard InChI is InChI=1S/C10H13FN2/c1-7(2)5-8-3-4-9(11)10(6-12)13-8/h3-4,6-7,12H,5H2,1-2H3. The maximum absolute atomic E-state index is 12.9. The third-order valence-electron chi connectivity index (χ3n) is 1.68. The number of hydrogen-bond donors (Lipinski definition) is 1. The fourth-order valence-corrected chi connectivity index (χ4v) is 1.13. The number of nitrogens with zero attached hydrogens (tertiary/aromatic N) is 1. The van der Waals surface area contributed by atoms with Crippen LogP contribution in [0.3, 0.4) is 0 Å². The molecule has 2 nitrogen and oxygen atoms in total. The molecule has 1 aromatic rings. The van der Waals surface area contributed by atoms with Crippen LogP contribution >= 0.6 is 0 Å². The molecule has 3 heteroatoms. The van der Waals surface area contributed by atoms with Gasteiger partial charge in [0.1, 0.15) is 11.5 Å². The molecule has 0 saturated heterocycles. The van der Waals surface area contributed by atoms with Gasteiger partial charge in [0.05, 0.1) is 0 Å². The van der Waals surface area contributed by atoms with Gasteiger partial charge in [0.15, 0.2) is 0 Å². The van der Waals surface area contributed by atoms with Crippen molar-refractivity contribution < 1.29 is 4.39 Å². The van der Waals surface area contributed by atoms with Crippen LogP contribution in [0.2, 0.25) is 0 Å². The second kappa shape index (κ2) is 4.12. The van der Waals surface area contributed by atoms with Gasteiger partial charge < -0.3 is 5.41 Å². The first-order valence-electron chi connectivity index (χ1n) is 4.29. The molecule has 0 amide bonds. The number of halogens is 1. The lowest BCUT2D eigenvalue weighted by Crippen LogP contribution is -2.01. The van der Waals surface area contributed by atoms with Gasteiger partial charge in [-0.05, 0) is 24.5 Å². The van der Waals surface area contributed by atoms with Crippen molar-refractivity contribution in [2.75, 3.05) is 0 Å². The summed E-state index contributed by atoms with van der Waals surface area (Å²) >= 11 is 0. The fraction of sp³-hybridized carbons (Fsp3) is 0.400. The molecule has 0 aliphatic carbocycles. The van der Waals surface area contributed by atoms with Crippen molar-refractivity contribution in [3.63, 3.8) is 0 Å². The zero-order valence-electron chi connectivity index (χ0n) is 7.84. The minimum Gasteiger partial charge on any atom is -0.306 e. The summed E-state index contributed by atoms with van der Waals surface area (Å²) in [4.78, 5) is 4.01. The Morgan fingerprint density at radius 1 is 1.54 bits per heavy atom. The predicted octanol–water partition coefficient (Wildman–Crippen LogP) is 2.42. The second-order valence-corrected chi connectivity index (χ2v) is 3.41. The third-order valence-corrected chi connectivity index (χ3v) is 1.68. The van der Waals surface area contributed by atoms with E-state index in [4.69, 9.17) is 5.41 Å². The summed E-state index contributed by atoms with van der Waals surface area (Å²) in [6.07, 6.45) is 1.76. The Morgan fingerprint density at radius 2 is 2.23 bits per heavy atom. The van der Waals surface area contributed by atoms with Crippen LogP contribution in [0.4, 0.5) is 4.39 Å². The summed E-state index contributed by atoms with van der Waals surface area (Å²) in [5, 5.41) is 6.94. The van der Waals surface area contributed by atoms with E-state index in [1.807, 2.05) is 0 Å². The first kappa shape index (κ1) is 9.84. The highest BCUT2D eigenvalue weighted by molar-refractivity contribution is 5.74. The summed E-state index contributed by atoms with van der Waals surface area (Å²) in [6.45, 7) is 4.16. The van der Waals surface area contributed by atoms with E-state index in [1.54, 1.807) is 6.07 Å². The van der Waals surface area contributed by atoms with Gasteiger partial charge >= 0.3 is 0 Å². The molecule has 0 unspecified atom stereocenters. The predicted molar refractivity (Wildman–Crippen MR) is 50.6 cm³/mol. The van der Waals surface area contributed by atoms with Gasteiger partial charge in [0.25, 0.3) is 0 Å². The molecule has 0 aromatic carbocycles. The van der Waals surface area contributed by atoms with E-state index in [2.05, 4.69) is 18.8 Å². The van der Waals surface area contributed by atoms with Crippen LogP contribution in [0.1, 0.15) is 25.2 Å². The number of aromatic nitrogens is 1. The van der Waals surface area contributed by atoms with Crippen molar-refractivity contribution in [3.8, 4) is 0 Å². The van der Waals surface area contributed by atoms with E-state index in [9.17, 15) is 4.39 Å². The Morgan fingerprint density at radius 3 is 2.77 bits per heavy atom. The smallest absolute Gasteiger partial charge is 0.150 e. The topological polar surface area (TPSA) is 36.7 Å². The molecule has 0 radical (unpaired) electrons. The van der Waals surface area contributed by atoms with Crippen LogP contribution in [0.5, 0.6) is 0 Å². The molecule has 1 heterocycles. The molecule has 0 aliphatic rings. The molecule has 13 heavy (non-hydrogen) atoms. The van der Waals surface area contributed by atoms with Crippen LogP contribution in [0, 0.1) is 17.1 Å². The third kappa shape index (κ3) is 2.61. The van der Waals surface area contributed by atoms with Crippen molar-refractivity contribution in [3.05, 3.63) is 29.3 Å². The molecule has 0 bridgehead atoms. The molecule has 0 spiro atoms. The van der Waals surface area contributed by atoms with Crippen molar-refractivity contribution in [2.24, 2.45) is 5.92 Å². The van der Waals surface area contributed by atoms with Gasteiger partial charge in [0.2, 0.25) is 0 Å². The summed E-state index contributed by atoms with van der Waals surface area (Å²) in [5.41, 5.74) is 0.966. The lowest BCUT2D eigenvalue weighted by molar-refractivity contribution is 0.603. The van der Waals surface area contributed by atoms with E-state index < -0.39 is 5.82 Å². The molecule has 1 N–H and O–H groups in total. The maximum atomic E-state index is 12.9. The molecule has 0 aliphatic heterocycles. The molecule has 0 fully saturated rings. The van der Waals surface area contributed by atoms with E-state index in [-0.39, 0.29) is 5.69 Å². The van der Waals surface area contributed by atoms with E-state index in [0.29, 0.717) is 5.92 Å². The van der Waals surface area contributed by atoms with E-state index >= 15 is 0 Å². The normalized spacial score (nSPS) is 10.5. The molecular weight excluding hydrogens is 167 g/mol. The minimum absolute atomic E-state index is 0.123. The zero-order chi connectivity index (χ0) is 9.84. The fourth-order valence-electron chi connectivity index (χ4n) is 1.13. The number of hydrogen-bond acceptors (Lipinski definition) is 2. The summed E-state index contributed by atoms with van der Waals surface area (Å²) in [6, 6.07) is 3.04. The van der Waals surface area contributed by atoms with Gasteiger partial charge in [-0.3, -0.25) is 0 Å². The summed E-state index contributed by atoms with van der Waals surface area (Å²) in [7, 11) is 0. The van der Waals surface area contributed by atoms with Crippen LogP contribution in [0.15, 0.2) is 12.1 Å².